The van der Waals surface area contributed by atoms with Crippen LogP contribution in [0.15, 0.2) is 42.5 Å². The summed E-state index contributed by atoms with van der Waals surface area (Å²) < 4.78 is 28.9. The number of ether oxygens (including phenoxy) is 5. The van der Waals surface area contributed by atoms with Crippen LogP contribution in [-0.4, -0.2) is 91.7 Å². The number of alkyl carbamates (subject to hydrolysis) is 1. The highest BCUT2D eigenvalue weighted by Gasteiger charge is 2.41. The molecule has 280 valence electrons. The van der Waals surface area contributed by atoms with Crippen molar-refractivity contribution in [2.75, 3.05) is 52.8 Å². The molecule has 1 atom stereocenters. The summed E-state index contributed by atoms with van der Waals surface area (Å²) in [4.78, 5) is 39.0. The molecule has 0 aliphatic carbocycles. The molecule has 0 spiro atoms. The van der Waals surface area contributed by atoms with Crippen molar-refractivity contribution in [2.24, 2.45) is 0 Å². The third-order valence-corrected chi connectivity index (χ3v) is 8.34. The number of carbonyl (C=O) groups is 3. The normalized spacial score (nSPS) is 12.6. The first-order valence-electron chi connectivity index (χ1n) is 16.7. The van der Waals surface area contributed by atoms with Crippen molar-refractivity contribution in [1.82, 2.24) is 20.4 Å². The standard InChI is InChI=1S/C36H47Cl3N4O8/c1-7-36(33(45)50-8-2,15-17-47-19-21-49-22-20-48-18-16-40-34(46)51-35(4,5)6)41-32(44)30-24(3)31(25-9-11-26(37)12-10-25)43(42-30)29-14-13-27(38)23-28(29)39/h9-14,23H,7-8,15-22H2,1-6H3,(H,40,46)(H,41,44)/t36-/m1/s1. The summed E-state index contributed by atoms with van der Waals surface area (Å²) in [5.74, 6) is -1.14. The Morgan fingerprint density at radius 1 is 0.843 bits per heavy atom. The molecule has 2 amide bonds. The van der Waals surface area contributed by atoms with E-state index in [2.05, 4.69) is 15.7 Å². The van der Waals surface area contributed by atoms with Crippen molar-refractivity contribution in [3.63, 3.8) is 0 Å². The Morgan fingerprint density at radius 2 is 1.45 bits per heavy atom. The molecule has 0 bridgehead atoms. The molecule has 0 unspecified atom stereocenters. The van der Waals surface area contributed by atoms with Gasteiger partial charge >= 0.3 is 12.1 Å². The smallest absolute Gasteiger partial charge is 0.407 e. The molecule has 0 saturated heterocycles. The Hall–Kier alpha value is -3.39. The summed E-state index contributed by atoms with van der Waals surface area (Å²) in [5.41, 5.74) is 0.594. The molecule has 1 aromatic heterocycles. The van der Waals surface area contributed by atoms with Crippen LogP contribution in [0.4, 0.5) is 4.79 Å². The van der Waals surface area contributed by atoms with E-state index < -0.39 is 29.1 Å². The van der Waals surface area contributed by atoms with E-state index in [9.17, 15) is 14.4 Å². The van der Waals surface area contributed by atoms with Crippen LogP contribution in [0.25, 0.3) is 16.9 Å². The second-order valence-corrected chi connectivity index (χ2v) is 13.7. The van der Waals surface area contributed by atoms with Gasteiger partial charge in [0.05, 0.1) is 56.0 Å². The maximum atomic E-state index is 14.0. The lowest BCUT2D eigenvalue weighted by atomic mass is 9.91. The zero-order chi connectivity index (χ0) is 37.6. The molecule has 3 rings (SSSR count). The van der Waals surface area contributed by atoms with Crippen LogP contribution in [0, 0.1) is 6.92 Å². The van der Waals surface area contributed by atoms with Crippen LogP contribution in [0.5, 0.6) is 0 Å². The quantitative estimate of drug-likeness (QED) is 0.0957. The maximum Gasteiger partial charge on any atom is 0.407 e. The van der Waals surface area contributed by atoms with Gasteiger partial charge in [-0.1, -0.05) is 53.9 Å². The summed E-state index contributed by atoms with van der Waals surface area (Å²) >= 11 is 18.9. The number of nitrogens with one attached hydrogen (secondary N) is 2. The molecule has 2 N–H and O–H groups in total. The van der Waals surface area contributed by atoms with Crippen LogP contribution in [0.1, 0.15) is 63.5 Å². The molecule has 3 aromatic rings. The van der Waals surface area contributed by atoms with E-state index >= 15 is 0 Å². The lowest BCUT2D eigenvalue weighted by Crippen LogP contribution is -2.55. The minimum Gasteiger partial charge on any atom is -0.464 e. The predicted molar refractivity (Wildman–Crippen MR) is 197 cm³/mol. The van der Waals surface area contributed by atoms with Crippen molar-refractivity contribution in [2.45, 2.75) is 65.5 Å². The molecule has 0 fully saturated rings. The summed E-state index contributed by atoms with van der Waals surface area (Å²) in [6.45, 7) is 12.8. The Balaban J connectivity index is 1.63. The number of carbonyl (C=O) groups excluding carboxylic acids is 3. The molecule has 12 nitrogen and oxygen atoms in total. The summed E-state index contributed by atoms with van der Waals surface area (Å²) in [7, 11) is 0. The Bertz CT molecular complexity index is 1610. The van der Waals surface area contributed by atoms with Gasteiger partial charge in [0, 0.05) is 40.7 Å². The van der Waals surface area contributed by atoms with Crippen LogP contribution in [0.3, 0.4) is 0 Å². The van der Waals surface area contributed by atoms with Crippen molar-refractivity contribution in [3.05, 3.63) is 68.8 Å². The largest absolute Gasteiger partial charge is 0.464 e. The van der Waals surface area contributed by atoms with Gasteiger partial charge in [0.2, 0.25) is 0 Å². The highest BCUT2D eigenvalue weighted by molar-refractivity contribution is 6.35. The number of hydrogen-bond acceptors (Lipinski definition) is 9. The van der Waals surface area contributed by atoms with Crippen molar-refractivity contribution < 1.29 is 38.1 Å². The van der Waals surface area contributed by atoms with Crippen LogP contribution >= 0.6 is 34.8 Å². The predicted octanol–water partition coefficient (Wildman–Crippen LogP) is 7.21. The summed E-state index contributed by atoms with van der Waals surface area (Å²) in [6.07, 6.45) is -0.109. The molecule has 2 aromatic carbocycles. The number of benzene rings is 2. The first kappa shape index (κ1) is 42.0. The van der Waals surface area contributed by atoms with Gasteiger partial charge in [0.15, 0.2) is 5.69 Å². The first-order valence-corrected chi connectivity index (χ1v) is 17.9. The zero-order valence-corrected chi connectivity index (χ0v) is 32.2. The minimum atomic E-state index is -1.39. The summed E-state index contributed by atoms with van der Waals surface area (Å²) in [6, 6.07) is 12.1. The molecule has 15 heteroatoms. The number of rotatable bonds is 19. The van der Waals surface area contributed by atoms with Gasteiger partial charge in [-0.15, -0.1) is 0 Å². The molecule has 0 saturated carbocycles. The number of amides is 2. The van der Waals surface area contributed by atoms with E-state index in [1.807, 2.05) is 12.1 Å². The van der Waals surface area contributed by atoms with Gasteiger partial charge in [0.1, 0.15) is 11.1 Å². The fourth-order valence-corrected chi connectivity index (χ4v) is 5.60. The minimum absolute atomic E-state index is 0.102. The molecule has 0 aliphatic rings. The highest BCUT2D eigenvalue weighted by Crippen LogP contribution is 2.33. The fraction of sp³-hybridized carbons (Fsp3) is 0.500. The van der Waals surface area contributed by atoms with Gasteiger partial charge in [-0.3, -0.25) is 4.79 Å². The number of hydrogen-bond donors (Lipinski definition) is 2. The van der Waals surface area contributed by atoms with Crippen molar-refractivity contribution in [3.8, 4) is 16.9 Å². The third-order valence-electron chi connectivity index (χ3n) is 7.55. The second kappa shape index (κ2) is 20.0. The Morgan fingerprint density at radius 3 is 2.04 bits per heavy atom. The van der Waals surface area contributed by atoms with Gasteiger partial charge in [0.25, 0.3) is 5.91 Å². The van der Waals surface area contributed by atoms with Gasteiger partial charge < -0.3 is 34.3 Å². The molecule has 51 heavy (non-hydrogen) atoms. The lowest BCUT2D eigenvalue weighted by molar-refractivity contribution is -0.152. The molecular formula is C36H47Cl3N4O8. The van der Waals surface area contributed by atoms with Crippen molar-refractivity contribution >= 4 is 52.8 Å². The van der Waals surface area contributed by atoms with E-state index in [1.54, 1.807) is 76.6 Å². The molecule has 0 aliphatic heterocycles. The van der Waals surface area contributed by atoms with E-state index in [-0.39, 0.29) is 38.4 Å². The van der Waals surface area contributed by atoms with E-state index in [4.69, 9.17) is 58.5 Å². The zero-order valence-electron chi connectivity index (χ0n) is 29.9. The van der Waals surface area contributed by atoms with E-state index in [0.717, 1.165) is 5.56 Å². The number of esters is 1. The summed E-state index contributed by atoms with van der Waals surface area (Å²) in [5, 5.41) is 11.6. The monoisotopic (exact) mass is 768 g/mol. The van der Waals surface area contributed by atoms with Crippen LogP contribution < -0.4 is 10.6 Å². The average Bonchev–Trinajstić information content (AvgIpc) is 3.40. The first-order chi connectivity index (χ1) is 24.2. The third kappa shape index (κ3) is 12.7. The second-order valence-electron chi connectivity index (χ2n) is 12.5. The SMILES string of the molecule is CCOC(=O)[C@@](CC)(CCOCCOCCOCCNC(=O)OC(C)(C)C)NC(=O)c1nn(-c2ccc(Cl)cc2Cl)c(-c2ccc(Cl)cc2)c1C. The maximum absolute atomic E-state index is 14.0. The highest BCUT2D eigenvalue weighted by atomic mass is 35.5. The Kier molecular flexibility index (Phi) is 16.5. The van der Waals surface area contributed by atoms with Crippen LogP contribution in [0.2, 0.25) is 15.1 Å². The van der Waals surface area contributed by atoms with E-state index in [1.165, 1.54) is 0 Å². The van der Waals surface area contributed by atoms with Crippen molar-refractivity contribution in [1.29, 1.82) is 0 Å². The lowest BCUT2D eigenvalue weighted by Gasteiger charge is -2.31. The molecule has 0 radical (unpaired) electrons. The van der Waals surface area contributed by atoms with E-state index in [0.29, 0.717) is 65.0 Å². The topological polar surface area (TPSA) is 139 Å². The van der Waals surface area contributed by atoms with Gasteiger partial charge in [-0.2, -0.15) is 5.10 Å². The fourth-order valence-electron chi connectivity index (χ4n) is 4.98. The number of aromatic nitrogens is 2. The van der Waals surface area contributed by atoms with Crippen LogP contribution in [-0.2, 0) is 28.5 Å². The Labute approximate surface area is 314 Å². The van der Waals surface area contributed by atoms with Gasteiger partial charge in [-0.25, -0.2) is 14.3 Å². The average molecular weight is 770 g/mol. The molecular weight excluding hydrogens is 723 g/mol. The number of nitrogens with zero attached hydrogens (tertiary/aromatic N) is 2. The van der Waals surface area contributed by atoms with Gasteiger partial charge in [-0.05, 0) is 71.4 Å². The molecule has 1 heterocycles. The number of halogens is 3.